The molecule has 49 heavy (non-hydrogen) atoms. The third-order valence-corrected chi connectivity index (χ3v) is 8.44. The molecule has 13 heteroatoms. The lowest BCUT2D eigenvalue weighted by Crippen LogP contribution is -2.45. The van der Waals surface area contributed by atoms with Crippen molar-refractivity contribution < 1.29 is 43.7 Å². The number of nitrogens with one attached hydrogen (secondary N) is 2. The van der Waals surface area contributed by atoms with E-state index in [1.807, 2.05) is 30.9 Å². The molecule has 0 aliphatic carbocycles. The van der Waals surface area contributed by atoms with Gasteiger partial charge < -0.3 is 35.2 Å². The number of carboxylic acid groups (broad SMARTS) is 2. The van der Waals surface area contributed by atoms with E-state index < -0.39 is 23.9 Å². The van der Waals surface area contributed by atoms with Gasteiger partial charge in [0.15, 0.2) is 0 Å². The lowest BCUT2D eigenvalue weighted by atomic mass is 10.0. The van der Waals surface area contributed by atoms with Crippen molar-refractivity contribution in [2.45, 2.75) is 72.8 Å². The average molecular weight is 681 g/mol. The van der Waals surface area contributed by atoms with Gasteiger partial charge in [-0.1, -0.05) is 0 Å². The van der Waals surface area contributed by atoms with Gasteiger partial charge in [0, 0.05) is 50.3 Å². The molecular formula is C36H48N4O9. The smallest absolute Gasteiger partial charge is 0.333 e. The third kappa shape index (κ3) is 11.7. The standard InChI is InChI=1S/C36H48N4O9/c1-22-16-27(48-6)17-23(2)34(22)37-31(42)10-7-12-39-13-9-15-40(30(21-39)29(36(46)47)20-33(44)45)14-8-11-32(43)38-35-24(3)18-28(19-25(35)4)49-26(5)41/h16-20,30H,7-15,21H2,1-6H3,(H,37,42)(H,38,43)(H,44,45)(H,46,47). The second kappa shape index (κ2) is 18.1. The van der Waals surface area contributed by atoms with Crippen LogP contribution < -0.4 is 20.1 Å². The number of carbonyl (C=O) groups excluding carboxylic acids is 3. The second-order valence-electron chi connectivity index (χ2n) is 12.4. The van der Waals surface area contributed by atoms with Crippen LogP contribution in [0.5, 0.6) is 11.5 Å². The highest BCUT2D eigenvalue weighted by atomic mass is 16.5. The van der Waals surface area contributed by atoms with E-state index >= 15 is 0 Å². The number of rotatable bonds is 15. The van der Waals surface area contributed by atoms with E-state index in [2.05, 4.69) is 15.5 Å². The maximum Gasteiger partial charge on any atom is 0.333 e. The van der Waals surface area contributed by atoms with Crippen LogP contribution >= 0.6 is 0 Å². The largest absolute Gasteiger partial charge is 0.497 e. The molecular weight excluding hydrogens is 632 g/mol. The Morgan fingerprint density at radius 2 is 1.33 bits per heavy atom. The van der Waals surface area contributed by atoms with Gasteiger partial charge in [-0.15, -0.1) is 0 Å². The van der Waals surface area contributed by atoms with Gasteiger partial charge in [-0.2, -0.15) is 0 Å². The van der Waals surface area contributed by atoms with E-state index in [1.54, 1.807) is 33.1 Å². The normalized spacial score (nSPS) is 15.6. The number of esters is 1. The van der Waals surface area contributed by atoms with Gasteiger partial charge >= 0.3 is 17.9 Å². The first-order valence-electron chi connectivity index (χ1n) is 16.4. The molecule has 0 aromatic heterocycles. The molecule has 3 rings (SSSR count). The molecule has 4 N–H and O–H groups in total. The van der Waals surface area contributed by atoms with E-state index in [1.165, 1.54) is 6.92 Å². The quantitative estimate of drug-likeness (QED) is 0.119. The highest BCUT2D eigenvalue weighted by molar-refractivity contribution is 5.96. The molecule has 0 bridgehead atoms. The number of anilines is 2. The number of benzene rings is 2. The van der Waals surface area contributed by atoms with Crippen LogP contribution in [0.15, 0.2) is 35.9 Å². The summed E-state index contributed by atoms with van der Waals surface area (Å²) in [6.45, 7) is 11.1. The molecule has 0 saturated carbocycles. The second-order valence-corrected chi connectivity index (χ2v) is 12.4. The number of hydrogen-bond donors (Lipinski definition) is 4. The van der Waals surface area contributed by atoms with E-state index in [0.717, 1.165) is 34.0 Å². The predicted octanol–water partition coefficient (Wildman–Crippen LogP) is 4.46. The zero-order valence-electron chi connectivity index (χ0n) is 29.2. The highest BCUT2D eigenvalue weighted by Gasteiger charge is 2.31. The summed E-state index contributed by atoms with van der Waals surface area (Å²) in [6.07, 6.45) is 2.80. The molecule has 2 aromatic carbocycles. The Kier molecular flexibility index (Phi) is 14.3. The van der Waals surface area contributed by atoms with Crippen molar-refractivity contribution in [3.63, 3.8) is 0 Å². The zero-order chi connectivity index (χ0) is 36.2. The summed E-state index contributed by atoms with van der Waals surface area (Å²) in [5.74, 6) is -2.35. The van der Waals surface area contributed by atoms with Crippen LogP contribution in [-0.4, -0.2) is 95.6 Å². The van der Waals surface area contributed by atoms with Crippen molar-refractivity contribution in [3.05, 3.63) is 58.2 Å². The molecule has 0 spiro atoms. The van der Waals surface area contributed by atoms with Crippen molar-refractivity contribution in [1.82, 2.24) is 9.80 Å². The summed E-state index contributed by atoms with van der Waals surface area (Å²) in [4.78, 5) is 65.0. The number of carboxylic acids is 2. The van der Waals surface area contributed by atoms with E-state index in [9.17, 15) is 34.2 Å². The molecule has 0 radical (unpaired) electrons. The van der Waals surface area contributed by atoms with E-state index in [0.29, 0.717) is 62.6 Å². The molecule has 1 heterocycles. The fourth-order valence-corrected chi connectivity index (χ4v) is 6.20. The first-order chi connectivity index (χ1) is 23.2. The van der Waals surface area contributed by atoms with Gasteiger partial charge in [0.1, 0.15) is 11.5 Å². The van der Waals surface area contributed by atoms with Gasteiger partial charge in [0.05, 0.1) is 18.7 Å². The van der Waals surface area contributed by atoms with Crippen LogP contribution in [-0.2, 0) is 24.0 Å². The van der Waals surface area contributed by atoms with Gasteiger partial charge in [-0.3, -0.25) is 19.3 Å². The van der Waals surface area contributed by atoms with E-state index in [-0.39, 0.29) is 36.8 Å². The summed E-state index contributed by atoms with van der Waals surface area (Å²) in [6, 6.07) is 6.34. The fraction of sp³-hybridized carbons (Fsp3) is 0.472. The van der Waals surface area contributed by atoms with Gasteiger partial charge in [-0.05, 0) is 113 Å². The third-order valence-electron chi connectivity index (χ3n) is 8.44. The molecule has 1 fully saturated rings. The van der Waals surface area contributed by atoms with Crippen LogP contribution in [0.4, 0.5) is 11.4 Å². The lowest BCUT2D eigenvalue weighted by molar-refractivity contribution is -0.135. The van der Waals surface area contributed by atoms with Crippen molar-refractivity contribution in [3.8, 4) is 11.5 Å². The average Bonchev–Trinajstić information content (AvgIpc) is 3.20. The Morgan fingerprint density at radius 1 is 0.816 bits per heavy atom. The lowest BCUT2D eigenvalue weighted by Gasteiger charge is -2.32. The number of amides is 2. The minimum atomic E-state index is -1.35. The van der Waals surface area contributed by atoms with Crippen molar-refractivity contribution in [2.75, 3.05) is 50.5 Å². The van der Waals surface area contributed by atoms with E-state index in [4.69, 9.17) is 9.47 Å². The van der Waals surface area contributed by atoms with Crippen LogP contribution in [0.3, 0.4) is 0 Å². The Hall–Kier alpha value is -4.75. The summed E-state index contributed by atoms with van der Waals surface area (Å²) in [7, 11) is 1.59. The fourth-order valence-electron chi connectivity index (χ4n) is 6.20. The molecule has 13 nitrogen and oxygen atoms in total. The highest BCUT2D eigenvalue weighted by Crippen LogP contribution is 2.28. The summed E-state index contributed by atoms with van der Waals surface area (Å²) in [5, 5.41) is 25.4. The number of ether oxygens (including phenoxy) is 2. The molecule has 266 valence electrons. The van der Waals surface area contributed by atoms with Gasteiger partial charge in [0.2, 0.25) is 11.8 Å². The zero-order valence-corrected chi connectivity index (χ0v) is 29.2. The maximum absolute atomic E-state index is 12.9. The summed E-state index contributed by atoms with van der Waals surface area (Å²) >= 11 is 0. The molecule has 2 amide bonds. The minimum absolute atomic E-state index is 0.134. The topological polar surface area (TPSA) is 175 Å². The number of aliphatic carboxylic acids is 2. The van der Waals surface area contributed by atoms with Crippen molar-refractivity contribution >= 4 is 41.1 Å². The molecule has 1 unspecified atom stereocenters. The van der Waals surface area contributed by atoms with Crippen molar-refractivity contribution in [2.24, 2.45) is 0 Å². The van der Waals surface area contributed by atoms with Crippen LogP contribution in [0.25, 0.3) is 0 Å². The molecule has 1 saturated heterocycles. The van der Waals surface area contributed by atoms with Crippen LogP contribution in [0, 0.1) is 27.7 Å². The molecule has 1 aliphatic heterocycles. The van der Waals surface area contributed by atoms with Crippen LogP contribution in [0.2, 0.25) is 0 Å². The Morgan fingerprint density at radius 3 is 1.80 bits per heavy atom. The summed E-state index contributed by atoms with van der Waals surface area (Å²) in [5.41, 5.74) is 4.42. The molecule has 1 atom stereocenters. The SMILES string of the molecule is COc1cc(C)c(NC(=O)CCCN2CCCN(CCCC(=O)Nc3c(C)cc(OC(C)=O)cc3C)C(C(=CC(=O)O)C(=O)O)C2)c(C)c1. The maximum atomic E-state index is 12.9. The number of methoxy groups -OCH3 is 1. The Labute approximate surface area is 287 Å². The monoisotopic (exact) mass is 680 g/mol. The van der Waals surface area contributed by atoms with Gasteiger partial charge in [0.25, 0.3) is 0 Å². The summed E-state index contributed by atoms with van der Waals surface area (Å²) < 4.78 is 10.5. The van der Waals surface area contributed by atoms with Crippen molar-refractivity contribution in [1.29, 1.82) is 0 Å². The van der Waals surface area contributed by atoms with Crippen LogP contribution in [0.1, 0.15) is 61.3 Å². The Balaban J connectivity index is 1.63. The number of nitrogens with zero attached hydrogens (tertiary/aromatic N) is 2. The predicted molar refractivity (Wildman–Crippen MR) is 185 cm³/mol. The van der Waals surface area contributed by atoms with Gasteiger partial charge in [-0.25, -0.2) is 9.59 Å². The minimum Gasteiger partial charge on any atom is -0.497 e. The Bertz CT molecular complexity index is 1540. The molecule has 1 aliphatic rings. The molecule has 2 aromatic rings. The first-order valence-corrected chi connectivity index (χ1v) is 16.4. The number of carbonyl (C=O) groups is 5. The number of hydrogen-bond acceptors (Lipinski definition) is 9. The number of aryl methyl sites for hydroxylation is 4. The first kappa shape index (κ1) is 38.7.